The fourth-order valence-electron chi connectivity index (χ4n) is 1.41. The van der Waals surface area contributed by atoms with E-state index in [0.29, 0.717) is 0 Å². The van der Waals surface area contributed by atoms with Crippen molar-refractivity contribution in [1.29, 1.82) is 0 Å². The third-order valence-electron chi connectivity index (χ3n) is 2.19. The summed E-state index contributed by atoms with van der Waals surface area (Å²) >= 11 is 3.93. The second kappa shape index (κ2) is 4.73. The van der Waals surface area contributed by atoms with Crippen LogP contribution in [-0.2, 0) is 7.05 Å². The molecule has 0 saturated heterocycles. The van der Waals surface area contributed by atoms with E-state index in [1.54, 1.807) is 0 Å². The number of aromatic carboxylic acids is 1. The zero-order valence-corrected chi connectivity index (χ0v) is 11.3. The molecular weight excluding hydrogens is 332 g/mol. The fourth-order valence-corrected chi connectivity index (χ4v) is 2.94. The summed E-state index contributed by atoms with van der Waals surface area (Å²) in [6, 6.07) is 0. The summed E-state index contributed by atoms with van der Waals surface area (Å²) < 4.78 is 26.5. The van der Waals surface area contributed by atoms with Gasteiger partial charge in [0.2, 0.25) is 0 Å². The summed E-state index contributed by atoms with van der Waals surface area (Å²) in [5.74, 6) is -1.19. The molecule has 5 nitrogen and oxygen atoms in total. The molecule has 1 N–H and O–H groups in total. The number of thiazole rings is 1. The Morgan fingerprint density at radius 1 is 1.61 bits per heavy atom. The van der Waals surface area contributed by atoms with E-state index in [4.69, 9.17) is 5.11 Å². The van der Waals surface area contributed by atoms with Crippen LogP contribution in [0.5, 0.6) is 0 Å². The van der Waals surface area contributed by atoms with Crippen LogP contribution in [-0.4, -0.2) is 25.8 Å². The maximum absolute atomic E-state index is 12.6. The van der Waals surface area contributed by atoms with Gasteiger partial charge in [0, 0.05) is 7.05 Å². The molecular formula is C9H6BrF2N3O2S. The number of aromatic nitrogens is 3. The SMILES string of the molecule is Cn1ncc(-c2nc(C(F)F)c(Br)s2)c1C(=O)O. The molecule has 0 fully saturated rings. The van der Waals surface area contributed by atoms with Gasteiger partial charge in [0.25, 0.3) is 6.43 Å². The molecule has 2 aromatic heterocycles. The van der Waals surface area contributed by atoms with Crippen LogP contribution in [0.25, 0.3) is 10.6 Å². The summed E-state index contributed by atoms with van der Waals surface area (Å²) in [6.07, 6.45) is -1.42. The normalized spacial score (nSPS) is 11.2. The summed E-state index contributed by atoms with van der Waals surface area (Å²) in [6.45, 7) is 0. The molecule has 0 unspecified atom stereocenters. The van der Waals surface area contributed by atoms with Crippen LogP contribution in [0.1, 0.15) is 22.6 Å². The van der Waals surface area contributed by atoms with Crippen molar-refractivity contribution in [3.8, 4) is 10.6 Å². The molecule has 0 amide bonds. The average molecular weight is 338 g/mol. The lowest BCUT2D eigenvalue weighted by molar-refractivity contribution is 0.0686. The highest BCUT2D eigenvalue weighted by Crippen LogP contribution is 2.37. The van der Waals surface area contributed by atoms with E-state index in [0.717, 1.165) is 16.0 Å². The van der Waals surface area contributed by atoms with E-state index in [-0.39, 0.29) is 20.1 Å². The first-order valence-electron chi connectivity index (χ1n) is 4.61. The Bertz CT molecular complexity index is 611. The lowest BCUT2D eigenvalue weighted by atomic mass is 10.2. The largest absolute Gasteiger partial charge is 0.477 e. The van der Waals surface area contributed by atoms with Crippen LogP contribution in [0.2, 0.25) is 0 Å². The molecule has 0 aliphatic rings. The molecule has 0 bridgehead atoms. The number of aryl methyl sites for hydroxylation is 1. The third kappa shape index (κ3) is 2.15. The second-order valence-corrected chi connectivity index (χ2v) is 5.63. The summed E-state index contributed by atoms with van der Waals surface area (Å²) in [5, 5.41) is 13.0. The summed E-state index contributed by atoms with van der Waals surface area (Å²) in [4.78, 5) is 14.8. The predicted molar refractivity (Wildman–Crippen MR) is 63.9 cm³/mol. The lowest BCUT2D eigenvalue weighted by Crippen LogP contribution is -2.06. The number of alkyl halides is 2. The Labute approximate surface area is 112 Å². The van der Waals surface area contributed by atoms with Gasteiger partial charge in [-0.3, -0.25) is 4.68 Å². The minimum atomic E-state index is -2.71. The van der Waals surface area contributed by atoms with Gasteiger partial charge in [0.15, 0.2) is 5.69 Å². The van der Waals surface area contributed by atoms with Crippen LogP contribution in [0.4, 0.5) is 8.78 Å². The number of hydrogen-bond acceptors (Lipinski definition) is 4. The van der Waals surface area contributed by atoms with Crippen molar-refractivity contribution in [2.24, 2.45) is 7.05 Å². The van der Waals surface area contributed by atoms with E-state index in [9.17, 15) is 13.6 Å². The maximum Gasteiger partial charge on any atom is 0.354 e. The molecule has 0 aliphatic heterocycles. The highest BCUT2D eigenvalue weighted by Gasteiger charge is 2.23. The fraction of sp³-hybridized carbons (Fsp3) is 0.222. The molecule has 0 aromatic carbocycles. The predicted octanol–water partition coefficient (Wildman–Crippen LogP) is 2.94. The first-order valence-corrected chi connectivity index (χ1v) is 6.22. The molecule has 9 heteroatoms. The Hall–Kier alpha value is -1.35. The quantitative estimate of drug-likeness (QED) is 0.934. The zero-order chi connectivity index (χ0) is 13.4. The van der Waals surface area contributed by atoms with Crippen LogP contribution in [0.3, 0.4) is 0 Å². The van der Waals surface area contributed by atoms with Gasteiger partial charge in [0.1, 0.15) is 10.7 Å². The van der Waals surface area contributed by atoms with E-state index >= 15 is 0 Å². The van der Waals surface area contributed by atoms with Gasteiger partial charge >= 0.3 is 5.97 Å². The minimum Gasteiger partial charge on any atom is -0.477 e. The van der Waals surface area contributed by atoms with Crippen molar-refractivity contribution in [2.45, 2.75) is 6.43 Å². The Morgan fingerprint density at radius 3 is 2.78 bits per heavy atom. The number of nitrogens with zero attached hydrogens (tertiary/aromatic N) is 3. The molecule has 2 heterocycles. The minimum absolute atomic E-state index is 0.0860. The first kappa shape index (κ1) is 13.1. The highest BCUT2D eigenvalue weighted by atomic mass is 79.9. The van der Waals surface area contributed by atoms with Crippen LogP contribution in [0.15, 0.2) is 9.98 Å². The van der Waals surface area contributed by atoms with Gasteiger partial charge in [-0.15, -0.1) is 11.3 Å². The maximum atomic E-state index is 12.6. The molecule has 0 radical (unpaired) electrons. The molecule has 0 spiro atoms. The monoisotopic (exact) mass is 337 g/mol. The molecule has 0 saturated carbocycles. The third-order valence-corrected chi connectivity index (χ3v) is 3.97. The van der Waals surface area contributed by atoms with Gasteiger partial charge in [0.05, 0.1) is 15.5 Å². The Balaban J connectivity index is 2.56. The van der Waals surface area contributed by atoms with Crippen molar-refractivity contribution < 1.29 is 18.7 Å². The van der Waals surface area contributed by atoms with Gasteiger partial charge < -0.3 is 5.11 Å². The van der Waals surface area contributed by atoms with Gasteiger partial charge in [-0.25, -0.2) is 18.6 Å². The number of carbonyl (C=O) groups is 1. The smallest absolute Gasteiger partial charge is 0.354 e. The average Bonchev–Trinajstić information content (AvgIpc) is 2.81. The molecule has 0 atom stereocenters. The molecule has 0 aliphatic carbocycles. The lowest BCUT2D eigenvalue weighted by Gasteiger charge is -1.97. The standard InChI is InChI=1S/C9H6BrF2N3O2S/c1-15-5(9(16)17)3(2-13-15)8-14-4(7(11)12)6(10)18-8/h2,7H,1H3,(H,16,17). The molecule has 2 aromatic rings. The van der Waals surface area contributed by atoms with Crippen LogP contribution in [0, 0.1) is 0 Å². The Morgan fingerprint density at radius 2 is 2.28 bits per heavy atom. The summed E-state index contributed by atoms with van der Waals surface area (Å²) in [7, 11) is 1.46. The second-order valence-electron chi connectivity index (χ2n) is 3.31. The van der Waals surface area contributed by atoms with Crippen LogP contribution < -0.4 is 0 Å². The first-order chi connectivity index (χ1) is 8.41. The zero-order valence-electron chi connectivity index (χ0n) is 8.89. The molecule has 18 heavy (non-hydrogen) atoms. The number of hydrogen-bond donors (Lipinski definition) is 1. The number of carboxylic acids is 1. The van der Waals surface area contributed by atoms with Gasteiger partial charge in [-0.2, -0.15) is 5.10 Å². The Kier molecular flexibility index (Phi) is 3.44. The highest BCUT2D eigenvalue weighted by molar-refractivity contribution is 9.11. The number of halogens is 3. The van der Waals surface area contributed by atoms with Gasteiger partial charge in [-0.1, -0.05) is 0 Å². The topological polar surface area (TPSA) is 68.0 Å². The van der Waals surface area contributed by atoms with Crippen molar-refractivity contribution in [2.75, 3.05) is 0 Å². The van der Waals surface area contributed by atoms with Crippen molar-refractivity contribution >= 4 is 33.2 Å². The van der Waals surface area contributed by atoms with Crippen molar-refractivity contribution in [1.82, 2.24) is 14.8 Å². The van der Waals surface area contributed by atoms with E-state index in [1.165, 1.54) is 13.2 Å². The van der Waals surface area contributed by atoms with Crippen molar-refractivity contribution in [3.63, 3.8) is 0 Å². The number of rotatable bonds is 3. The van der Waals surface area contributed by atoms with Gasteiger partial charge in [-0.05, 0) is 15.9 Å². The van der Waals surface area contributed by atoms with Crippen molar-refractivity contribution in [3.05, 3.63) is 21.4 Å². The number of carboxylic acid groups (broad SMARTS) is 1. The van der Waals surface area contributed by atoms with E-state index in [1.807, 2.05) is 0 Å². The molecule has 96 valence electrons. The van der Waals surface area contributed by atoms with E-state index in [2.05, 4.69) is 26.0 Å². The van der Waals surface area contributed by atoms with E-state index < -0.39 is 18.1 Å². The van der Waals surface area contributed by atoms with Crippen LogP contribution >= 0.6 is 27.3 Å². The summed E-state index contributed by atoms with van der Waals surface area (Å²) in [5.41, 5.74) is -0.255. The molecule has 2 rings (SSSR count).